The van der Waals surface area contributed by atoms with Crippen LogP contribution in [-0.4, -0.2) is 26.2 Å². The van der Waals surface area contributed by atoms with Gasteiger partial charge in [-0.2, -0.15) is 0 Å². The minimum absolute atomic E-state index is 0.209. The van der Waals surface area contributed by atoms with Crippen LogP contribution in [-0.2, 0) is 31.9 Å². The largest absolute Gasteiger partial charge is 0.469 e. The summed E-state index contributed by atoms with van der Waals surface area (Å²) in [6.45, 7) is 2.09. The molecule has 0 amide bonds. The van der Waals surface area contributed by atoms with E-state index in [9.17, 15) is 9.59 Å². The zero-order valence-corrected chi connectivity index (χ0v) is 26.0. The Kier molecular flexibility index (Phi) is 10.3. The van der Waals surface area contributed by atoms with E-state index in [4.69, 9.17) is 9.47 Å². The van der Waals surface area contributed by atoms with E-state index < -0.39 is 0 Å². The molecular formula is C39H38N2O4. The van der Waals surface area contributed by atoms with E-state index in [2.05, 4.69) is 108 Å². The average molecular weight is 599 g/mol. The number of carbonyl (C=O) groups excluding carboxylic acids is 2. The Labute approximate surface area is 265 Å². The van der Waals surface area contributed by atoms with Crippen LogP contribution in [0.1, 0.15) is 29.5 Å². The first kappa shape index (κ1) is 31.1. The number of rotatable bonds is 12. The number of hydrogen-bond acceptors (Lipinski definition) is 6. The van der Waals surface area contributed by atoms with Crippen LogP contribution >= 0.6 is 0 Å². The molecule has 0 atom stereocenters. The molecule has 0 heterocycles. The van der Waals surface area contributed by atoms with Gasteiger partial charge in [0, 0.05) is 41.3 Å². The first-order valence-corrected chi connectivity index (χ1v) is 15.1. The molecule has 45 heavy (non-hydrogen) atoms. The molecule has 0 radical (unpaired) electrons. The predicted molar refractivity (Wildman–Crippen MR) is 182 cm³/mol. The van der Waals surface area contributed by atoms with Gasteiger partial charge >= 0.3 is 11.9 Å². The number of ether oxygens (including phenoxy) is 2. The van der Waals surface area contributed by atoms with Crippen LogP contribution in [0, 0.1) is 6.92 Å². The van der Waals surface area contributed by atoms with E-state index in [1.54, 1.807) is 0 Å². The van der Waals surface area contributed by atoms with Crippen LogP contribution in [0.3, 0.4) is 0 Å². The second-order valence-corrected chi connectivity index (χ2v) is 10.9. The Hall–Kier alpha value is -5.36. The van der Waals surface area contributed by atoms with E-state index in [0.29, 0.717) is 25.7 Å². The van der Waals surface area contributed by atoms with Gasteiger partial charge in [-0.1, -0.05) is 66.7 Å². The molecule has 0 aliphatic carbocycles. The van der Waals surface area contributed by atoms with E-state index >= 15 is 0 Å². The van der Waals surface area contributed by atoms with Crippen LogP contribution in [0.25, 0.3) is 11.1 Å². The molecule has 0 bridgehead atoms. The molecule has 5 rings (SSSR count). The molecule has 0 unspecified atom stereocenters. The van der Waals surface area contributed by atoms with Crippen molar-refractivity contribution < 1.29 is 19.1 Å². The molecule has 228 valence electrons. The third-order valence-electron chi connectivity index (χ3n) is 7.68. The summed E-state index contributed by atoms with van der Waals surface area (Å²) in [5, 5.41) is 3.56. The van der Waals surface area contributed by atoms with Crippen LogP contribution in [0.2, 0.25) is 0 Å². The lowest BCUT2D eigenvalue weighted by molar-refractivity contribution is -0.141. The minimum Gasteiger partial charge on any atom is -0.469 e. The fraction of sp³-hybridized carbons (Fsp3) is 0.179. The first-order valence-electron chi connectivity index (χ1n) is 15.1. The molecule has 5 aromatic carbocycles. The van der Waals surface area contributed by atoms with Gasteiger partial charge in [0.15, 0.2) is 0 Å². The summed E-state index contributed by atoms with van der Waals surface area (Å²) in [5.74, 6) is -0.422. The molecule has 0 aliphatic heterocycles. The van der Waals surface area contributed by atoms with Crippen molar-refractivity contribution in [3.63, 3.8) is 0 Å². The topological polar surface area (TPSA) is 67.9 Å². The highest BCUT2D eigenvalue weighted by Gasteiger charge is 2.15. The van der Waals surface area contributed by atoms with E-state index in [0.717, 1.165) is 50.7 Å². The maximum atomic E-state index is 11.7. The van der Waals surface area contributed by atoms with Gasteiger partial charge in [0.2, 0.25) is 0 Å². The van der Waals surface area contributed by atoms with Crippen LogP contribution in [0.15, 0.2) is 121 Å². The number of esters is 2. The number of benzene rings is 5. The van der Waals surface area contributed by atoms with Gasteiger partial charge in [-0.05, 0) is 102 Å². The van der Waals surface area contributed by atoms with E-state index in [1.165, 1.54) is 19.8 Å². The lowest BCUT2D eigenvalue weighted by Crippen LogP contribution is -2.11. The van der Waals surface area contributed by atoms with Crippen LogP contribution < -0.4 is 10.2 Å². The fourth-order valence-electron chi connectivity index (χ4n) is 5.27. The third kappa shape index (κ3) is 8.39. The smallest absolute Gasteiger partial charge is 0.305 e. The van der Waals surface area contributed by atoms with Gasteiger partial charge in [-0.3, -0.25) is 9.59 Å². The quantitative estimate of drug-likeness (QED) is 0.145. The van der Waals surface area contributed by atoms with Crippen molar-refractivity contribution in [2.45, 2.75) is 32.6 Å². The number of methoxy groups -OCH3 is 2. The van der Waals surface area contributed by atoms with Crippen molar-refractivity contribution in [2.24, 2.45) is 0 Å². The van der Waals surface area contributed by atoms with Gasteiger partial charge in [0.05, 0.1) is 14.2 Å². The van der Waals surface area contributed by atoms with Crippen molar-refractivity contribution in [1.82, 2.24) is 0 Å². The molecule has 5 aromatic rings. The van der Waals surface area contributed by atoms with Gasteiger partial charge in [-0.25, -0.2) is 0 Å². The molecule has 0 fully saturated rings. The molecule has 6 nitrogen and oxygen atoms in total. The van der Waals surface area contributed by atoms with Gasteiger partial charge in [0.25, 0.3) is 0 Å². The summed E-state index contributed by atoms with van der Waals surface area (Å²) in [7, 11) is 2.83. The van der Waals surface area contributed by atoms with Gasteiger partial charge in [0.1, 0.15) is 0 Å². The number of nitrogens with one attached hydrogen (secondary N) is 1. The molecule has 0 saturated heterocycles. The van der Waals surface area contributed by atoms with Crippen molar-refractivity contribution in [1.29, 1.82) is 0 Å². The van der Waals surface area contributed by atoms with Crippen molar-refractivity contribution in [3.8, 4) is 11.1 Å². The Balaban J connectivity index is 1.44. The second kappa shape index (κ2) is 14.9. The highest BCUT2D eigenvalue weighted by Crippen LogP contribution is 2.38. The maximum absolute atomic E-state index is 11.7. The normalized spacial score (nSPS) is 10.6. The molecule has 0 aromatic heterocycles. The van der Waals surface area contributed by atoms with Crippen LogP contribution in [0.4, 0.5) is 28.4 Å². The molecule has 0 saturated carbocycles. The summed E-state index contributed by atoms with van der Waals surface area (Å²) in [5.41, 5.74) is 10.6. The maximum Gasteiger partial charge on any atom is 0.305 e. The van der Waals surface area contributed by atoms with Gasteiger partial charge < -0.3 is 19.7 Å². The number of anilines is 5. The van der Waals surface area contributed by atoms with E-state index in [1.807, 2.05) is 30.3 Å². The summed E-state index contributed by atoms with van der Waals surface area (Å²) in [4.78, 5) is 25.5. The molecule has 6 heteroatoms. The molecular weight excluding hydrogens is 560 g/mol. The van der Waals surface area contributed by atoms with Crippen molar-refractivity contribution >= 4 is 40.4 Å². The average Bonchev–Trinajstić information content (AvgIpc) is 3.08. The lowest BCUT2D eigenvalue weighted by Gasteiger charge is -2.27. The third-order valence-corrected chi connectivity index (χ3v) is 7.68. The number of nitrogens with zero attached hydrogens (tertiary/aromatic N) is 1. The summed E-state index contributed by atoms with van der Waals surface area (Å²) in [6, 6.07) is 41.9. The number of carbonyl (C=O) groups is 2. The fourth-order valence-corrected chi connectivity index (χ4v) is 5.27. The van der Waals surface area contributed by atoms with Crippen molar-refractivity contribution in [2.75, 3.05) is 24.4 Å². The Morgan fingerprint density at radius 1 is 0.578 bits per heavy atom. The number of aryl methyl sites for hydroxylation is 3. The zero-order valence-electron chi connectivity index (χ0n) is 26.0. The molecule has 1 N–H and O–H groups in total. The summed E-state index contributed by atoms with van der Waals surface area (Å²) >= 11 is 0. The highest BCUT2D eigenvalue weighted by atomic mass is 16.5. The zero-order chi connectivity index (χ0) is 31.6. The Morgan fingerprint density at radius 3 is 1.64 bits per heavy atom. The molecule has 0 spiro atoms. The lowest BCUT2D eigenvalue weighted by atomic mass is 10.0. The standard InChI is InChI=1S/C39H38N2O4/c1-28-25-34(40-33-17-9-29(10-18-33)13-23-38(42)44-2)27-37(26-28)41(35-19-11-30(12-20-35)14-24-39(43)45-3)36-21-15-32(16-22-36)31-7-5-4-6-8-31/h4-12,15-22,25-27,40H,13-14,23-24H2,1-3H3. The highest BCUT2D eigenvalue weighted by molar-refractivity contribution is 5.81. The van der Waals surface area contributed by atoms with Crippen LogP contribution in [0.5, 0.6) is 0 Å². The SMILES string of the molecule is COC(=O)CCc1ccc(Nc2cc(C)cc(N(c3ccc(CCC(=O)OC)cc3)c3ccc(-c4ccccc4)cc3)c2)cc1. The monoisotopic (exact) mass is 598 g/mol. The second-order valence-electron chi connectivity index (χ2n) is 10.9. The summed E-state index contributed by atoms with van der Waals surface area (Å²) < 4.78 is 9.58. The first-order chi connectivity index (χ1) is 21.9. The minimum atomic E-state index is -0.213. The van der Waals surface area contributed by atoms with Crippen molar-refractivity contribution in [3.05, 3.63) is 138 Å². The molecule has 0 aliphatic rings. The van der Waals surface area contributed by atoms with Gasteiger partial charge in [-0.15, -0.1) is 0 Å². The Bertz CT molecular complexity index is 1710. The van der Waals surface area contributed by atoms with E-state index in [-0.39, 0.29) is 11.9 Å². The Morgan fingerprint density at radius 2 is 1.09 bits per heavy atom. The number of hydrogen-bond donors (Lipinski definition) is 1. The summed E-state index contributed by atoms with van der Waals surface area (Å²) in [6.07, 6.45) is 1.97. The predicted octanol–water partition coefficient (Wildman–Crippen LogP) is 9.09.